The van der Waals surface area contributed by atoms with Crippen LogP contribution in [0.25, 0.3) is 26.3 Å². The van der Waals surface area contributed by atoms with Crippen LogP contribution < -0.4 is 4.90 Å². The van der Waals surface area contributed by atoms with Crippen LogP contribution in [0.15, 0.2) is 35.9 Å². The van der Waals surface area contributed by atoms with E-state index in [0.29, 0.717) is 12.0 Å². The van der Waals surface area contributed by atoms with Gasteiger partial charge in [-0.05, 0) is 98.0 Å². The van der Waals surface area contributed by atoms with Crippen molar-refractivity contribution in [3.8, 4) is 26.3 Å². The summed E-state index contributed by atoms with van der Waals surface area (Å²) < 4.78 is 0. The zero-order chi connectivity index (χ0) is 30.3. The monoisotopic (exact) mass is 614 g/mol. The van der Waals surface area contributed by atoms with E-state index in [1.165, 1.54) is 100 Å². The van der Waals surface area contributed by atoms with E-state index in [4.69, 9.17) is 0 Å². The fraction of sp³-hybridized carbons (Fsp3) is 0.514. The Kier molecular flexibility index (Phi) is 10.8. The van der Waals surface area contributed by atoms with Gasteiger partial charge in [-0.1, -0.05) is 64.9 Å². The Labute approximate surface area is 266 Å². The molecule has 3 aromatic rings. The molecule has 5 rings (SSSR count). The molecule has 2 aliphatic rings. The van der Waals surface area contributed by atoms with Crippen molar-refractivity contribution in [2.45, 2.75) is 116 Å². The first-order valence-electron chi connectivity index (χ1n) is 16.5. The van der Waals surface area contributed by atoms with Gasteiger partial charge in [0.25, 0.3) is 0 Å². The molecule has 3 heterocycles. The van der Waals surface area contributed by atoms with E-state index in [2.05, 4.69) is 56.0 Å². The zero-order valence-electron chi connectivity index (χ0n) is 26.1. The van der Waals surface area contributed by atoms with Gasteiger partial charge < -0.3 is 10.0 Å². The minimum atomic E-state index is -1.16. The largest absolute Gasteiger partial charge is 0.477 e. The molecular formula is C37H46N2O2S2. The summed E-state index contributed by atoms with van der Waals surface area (Å²) in [7, 11) is 0. The van der Waals surface area contributed by atoms with Crippen molar-refractivity contribution < 1.29 is 9.90 Å². The maximum atomic E-state index is 11.7. The highest BCUT2D eigenvalue weighted by Gasteiger charge is 2.40. The van der Waals surface area contributed by atoms with Crippen molar-refractivity contribution in [2.75, 3.05) is 11.4 Å². The number of nitriles is 1. The molecule has 1 aliphatic heterocycles. The van der Waals surface area contributed by atoms with Gasteiger partial charge in [0.05, 0.1) is 0 Å². The molecule has 2 unspecified atom stereocenters. The van der Waals surface area contributed by atoms with Crippen molar-refractivity contribution in [1.82, 2.24) is 0 Å². The first-order chi connectivity index (χ1) is 21.0. The van der Waals surface area contributed by atoms with Crippen LogP contribution in [0.5, 0.6) is 0 Å². The predicted molar refractivity (Wildman–Crippen MR) is 183 cm³/mol. The normalized spacial score (nSPS) is 17.7. The number of anilines is 1. The second-order valence-corrected chi connectivity index (χ2v) is 14.4. The van der Waals surface area contributed by atoms with Gasteiger partial charge in [-0.2, -0.15) is 5.26 Å². The van der Waals surface area contributed by atoms with Crippen LogP contribution in [0.1, 0.15) is 119 Å². The van der Waals surface area contributed by atoms with Crippen LogP contribution in [-0.2, 0) is 17.6 Å². The van der Waals surface area contributed by atoms with Gasteiger partial charge in [0.1, 0.15) is 11.6 Å². The minimum absolute atomic E-state index is 0.195. The Hall–Kier alpha value is -2.88. The van der Waals surface area contributed by atoms with Crippen molar-refractivity contribution >= 4 is 40.4 Å². The first-order valence-corrected chi connectivity index (χ1v) is 18.1. The molecule has 0 bridgehead atoms. The molecule has 0 saturated heterocycles. The quantitative estimate of drug-likeness (QED) is 0.105. The number of benzene rings is 1. The number of aliphatic carboxylic acids is 1. The number of unbranched alkanes of at least 4 members (excludes halogenated alkanes) is 6. The van der Waals surface area contributed by atoms with Crippen molar-refractivity contribution in [3.05, 3.63) is 57.5 Å². The third-order valence-electron chi connectivity index (χ3n) is 9.34. The Balaban J connectivity index is 1.53. The number of aryl methyl sites for hydroxylation is 2. The average Bonchev–Trinajstić information content (AvgIpc) is 3.79. The van der Waals surface area contributed by atoms with Crippen LogP contribution in [0.2, 0.25) is 0 Å². The van der Waals surface area contributed by atoms with Gasteiger partial charge in [-0.3, -0.25) is 0 Å². The summed E-state index contributed by atoms with van der Waals surface area (Å²) in [4.78, 5) is 19.1. The van der Waals surface area contributed by atoms with Gasteiger partial charge >= 0.3 is 5.97 Å². The number of hydrogen-bond donors (Lipinski definition) is 1. The van der Waals surface area contributed by atoms with Crippen molar-refractivity contribution in [1.29, 1.82) is 5.26 Å². The van der Waals surface area contributed by atoms with Crippen LogP contribution >= 0.6 is 22.7 Å². The van der Waals surface area contributed by atoms with E-state index >= 15 is 0 Å². The highest BCUT2D eigenvalue weighted by atomic mass is 32.1. The summed E-state index contributed by atoms with van der Waals surface area (Å²) in [5, 5.41) is 19.1. The second-order valence-electron chi connectivity index (χ2n) is 12.2. The van der Waals surface area contributed by atoms with E-state index < -0.39 is 5.97 Å². The van der Waals surface area contributed by atoms with E-state index in [0.717, 1.165) is 37.1 Å². The fourth-order valence-corrected chi connectivity index (χ4v) is 9.62. The molecule has 1 fully saturated rings. The van der Waals surface area contributed by atoms with E-state index in [-0.39, 0.29) is 5.57 Å². The number of thiophene rings is 2. The fourth-order valence-electron chi connectivity index (χ4n) is 7.12. The van der Waals surface area contributed by atoms with Crippen molar-refractivity contribution in [3.63, 3.8) is 0 Å². The highest BCUT2D eigenvalue weighted by Crippen LogP contribution is 2.51. The van der Waals surface area contributed by atoms with E-state index in [1.807, 2.05) is 17.4 Å². The molecule has 0 amide bonds. The van der Waals surface area contributed by atoms with Gasteiger partial charge in [-0.25, -0.2) is 4.79 Å². The van der Waals surface area contributed by atoms with Gasteiger partial charge in [0.2, 0.25) is 0 Å². The average molecular weight is 615 g/mol. The molecule has 1 saturated carbocycles. The molecule has 1 aliphatic carbocycles. The minimum Gasteiger partial charge on any atom is -0.477 e. The maximum Gasteiger partial charge on any atom is 0.346 e. The lowest BCUT2D eigenvalue weighted by Gasteiger charge is -2.25. The summed E-state index contributed by atoms with van der Waals surface area (Å²) in [5.74, 6) is -0.500. The molecule has 43 heavy (non-hydrogen) atoms. The lowest BCUT2D eigenvalue weighted by atomic mass is 9.95. The van der Waals surface area contributed by atoms with Crippen LogP contribution in [0.3, 0.4) is 0 Å². The molecule has 0 radical (unpaired) electrons. The molecule has 1 aromatic carbocycles. The summed E-state index contributed by atoms with van der Waals surface area (Å²) in [5.41, 5.74) is 6.67. The van der Waals surface area contributed by atoms with Gasteiger partial charge in [0, 0.05) is 43.7 Å². The number of carboxylic acids is 1. The lowest BCUT2D eigenvalue weighted by Crippen LogP contribution is -2.30. The molecule has 4 nitrogen and oxygen atoms in total. The summed E-state index contributed by atoms with van der Waals surface area (Å²) in [6.45, 7) is 7.83. The molecular weight excluding hydrogens is 569 g/mol. The lowest BCUT2D eigenvalue weighted by molar-refractivity contribution is -0.132. The first kappa shape index (κ1) is 31.5. The predicted octanol–water partition coefficient (Wildman–Crippen LogP) is 10.9. The zero-order valence-corrected chi connectivity index (χ0v) is 27.7. The summed E-state index contributed by atoms with van der Waals surface area (Å²) in [6, 6.07) is 14.5. The Bertz CT molecular complexity index is 1490. The number of carboxylic acid groups (broad SMARTS) is 1. The maximum absolute atomic E-state index is 11.7. The molecule has 228 valence electrons. The standard InChI is InChI=1S/C37H46N2O2S2/c1-4-7-9-11-14-25-21-35(42-33(25)23-28(24-38)37(40)41)36-27(15-12-10-8-5-2)22-34(43-36)26-18-19-32-30(20-26)29-16-13-17-31(29)39(32)6-3/h18-23,29,31H,4-17H2,1-3H3,(H,40,41)/b28-23+. The number of rotatable bonds is 15. The number of carbonyl (C=O) groups is 1. The Morgan fingerprint density at radius 1 is 0.953 bits per heavy atom. The molecule has 0 spiro atoms. The molecule has 1 N–H and O–H groups in total. The van der Waals surface area contributed by atoms with Gasteiger partial charge in [-0.15, -0.1) is 22.7 Å². The van der Waals surface area contributed by atoms with Crippen LogP contribution in [0.4, 0.5) is 5.69 Å². The van der Waals surface area contributed by atoms with Crippen molar-refractivity contribution in [2.24, 2.45) is 0 Å². The van der Waals surface area contributed by atoms with E-state index in [9.17, 15) is 15.2 Å². The van der Waals surface area contributed by atoms with Crippen LogP contribution in [0, 0.1) is 11.3 Å². The second kappa shape index (κ2) is 14.7. The highest BCUT2D eigenvalue weighted by molar-refractivity contribution is 7.24. The number of likely N-dealkylation sites (N-methyl/N-ethyl adjacent to an activating group) is 1. The molecule has 6 heteroatoms. The Morgan fingerprint density at radius 2 is 1.67 bits per heavy atom. The summed E-state index contributed by atoms with van der Waals surface area (Å²) in [6.07, 6.45) is 17.0. The smallest absolute Gasteiger partial charge is 0.346 e. The number of fused-ring (bicyclic) bond motifs is 3. The summed E-state index contributed by atoms with van der Waals surface area (Å²) >= 11 is 3.54. The topological polar surface area (TPSA) is 64.3 Å². The third kappa shape index (κ3) is 6.94. The van der Waals surface area contributed by atoms with Gasteiger partial charge in [0.15, 0.2) is 0 Å². The SMILES string of the molecule is CCCCCCc1cc(-c2sc(-c3ccc4c(c3)C3CCCC3N4CC)cc2CCCCCC)sc1/C=C(\C#N)C(=O)O. The molecule has 2 aromatic heterocycles. The number of nitrogens with zero attached hydrogens (tertiary/aromatic N) is 2. The number of hydrogen-bond acceptors (Lipinski definition) is 5. The third-order valence-corrected chi connectivity index (χ3v) is 11.9. The van der Waals surface area contributed by atoms with E-state index in [1.54, 1.807) is 17.4 Å². The Morgan fingerprint density at radius 3 is 2.35 bits per heavy atom. The molecule has 2 atom stereocenters. The van der Waals surface area contributed by atoms with Crippen LogP contribution in [-0.4, -0.2) is 23.7 Å².